The van der Waals surface area contributed by atoms with Crippen molar-refractivity contribution in [2.75, 3.05) is 20.1 Å². The van der Waals surface area contributed by atoms with Crippen molar-refractivity contribution in [1.29, 1.82) is 0 Å². The number of carbonyl (C=O) groups is 3. The van der Waals surface area contributed by atoms with Crippen LogP contribution in [0.5, 0.6) is 0 Å². The van der Waals surface area contributed by atoms with Gasteiger partial charge in [-0.2, -0.15) is 0 Å². The molecule has 2 bridgehead atoms. The van der Waals surface area contributed by atoms with Gasteiger partial charge in [-0.25, -0.2) is 0 Å². The van der Waals surface area contributed by atoms with Gasteiger partial charge in [0.05, 0.1) is 0 Å². The molecule has 2 N–H and O–H groups in total. The van der Waals surface area contributed by atoms with Gasteiger partial charge in [0.2, 0.25) is 0 Å². The minimum absolute atomic E-state index is 0.107. The third-order valence-corrected chi connectivity index (χ3v) is 3.97. The Balaban J connectivity index is 2.53. The zero-order valence-electron chi connectivity index (χ0n) is 9.60. The van der Waals surface area contributed by atoms with Gasteiger partial charge >= 0.3 is 11.9 Å². The Bertz CT molecular complexity index is 373. The number of likely N-dealkylation sites (tertiary alicyclic amines) is 1. The summed E-state index contributed by atoms with van der Waals surface area (Å²) < 4.78 is 0. The second-order valence-electron chi connectivity index (χ2n) is 5.13. The van der Waals surface area contributed by atoms with Crippen LogP contribution in [0.4, 0.5) is 0 Å². The lowest BCUT2D eigenvalue weighted by Crippen LogP contribution is -2.66. The van der Waals surface area contributed by atoms with E-state index in [1.54, 1.807) is 11.9 Å². The monoisotopic (exact) mass is 241 g/mol. The topological polar surface area (TPSA) is 94.9 Å². The van der Waals surface area contributed by atoms with Gasteiger partial charge in [-0.3, -0.25) is 14.4 Å². The highest BCUT2D eigenvalue weighted by Crippen LogP contribution is 2.48. The number of carboxylic acid groups (broad SMARTS) is 2. The predicted octanol–water partition coefficient (Wildman–Crippen LogP) is -0.173. The Labute approximate surface area is 98.2 Å². The van der Waals surface area contributed by atoms with Gasteiger partial charge in [0.1, 0.15) is 10.8 Å². The first-order valence-electron chi connectivity index (χ1n) is 5.55. The Morgan fingerprint density at radius 2 is 1.53 bits per heavy atom. The summed E-state index contributed by atoms with van der Waals surface area (Å²) in [4.78, 5) is 36.7. The van der Waals surface area contributed by atoms with Crippen LogP contribution in [0.15, 0.2) is 0 Å². The van der Waals surface area contributed by atoms with Crippen LogP contribution in [0.25, 0.3) is 0 Å². The van der Waals surface area contributed by atoms with Crippen molar-refractivity contribution in [1.82, 2.24) is 4.90 Å². The molecular weight excluding hydrogens is 226 g/mol. The third kappa shape index (κ3) is 1.40. The number of fused-ring (bicyclic) bond motifs is 2. The lowest BCUT2D eigenvalue weighted by atomic mass is 9.58. The molecule has 2 aliphatic rings. The number of Topliss-reactive ketones (excluding diaryl/α,β-unsaturated/α-hetero) is 1. The molecule has 1 aliphatic carbocycles. The van der Waals surface area contributed by atoms with Crippen LogP contribution >= 0.6 is 0 Å². The van der Waals surface area contributed by atoms with Gasteiger partial charge in [0.25, 0.3) is 0 Å². The van der Waals surface area contributed by atoms with Crippen LogP contribution < -0.4 is 0 Å². The largest absolute Gasteiger partial charge is 0.480 e. The molecule has 0 aromatic heterocycles. The van der Waals surface area contributed by atoms with Crippen molar-refractivity contribution < 1.29 is 24.6 Å². The molecule has 2 atom stereocenters. The fraction of sp³-hybridized carbons (Fsp3) is 0.727. The van der Waals surface area contributed by atoms with Crippen LogP contribution in [-0.4, -0.2) is 53.0 Å². The molecule has 0 amide bonds. The molecule has 1 heterocycles. The molecule has 1 saturated heterocycles. The standard InChI is InChI=1S/C11H15NO5/c1-12-5-10(8(14)15)3-2-4-11(6-12,7(10)13)9(16)17/h2-6H2,1H3,(H,14,15)(H,16,17). The number of carboxylic acids is 2. The fourth-order valence-electron chi connectivity index (χ4n) is 3.20. The molecule has 2 rings (SSSR count). The van der Waals surface area contributed by atoms with E-state index in [4.69, 9.17) is 0 Å². The van der Waals surface area contributed by atoms with Crippen molar-refractivity contribution >= 4 is 17.7 Å². The minimum atomic E-state index is -1.52. The smallest absolute Gasteiger partial charge is 0.318 e. The number of aliphatic carboxylic acids is 2. The maximum atomic E-state index is 12.3. The average Bonchev–Trinajstić information content (AvgIpc) is 2.20. The quantitative estimate of drug-likeness (QED) is 0.651. The van der Waals surface area contributed by atoms with E-state index in [1.165, 1.54) is 0 Å². The Morgan fingerprint density at radius 3 is 1.88 bits per heavy atom. The van der Waals surface area contributed by atoms with Crippen LogP contribution in [0.1, 0.15) is 19.3 Å². The first kappa shape index (κ1) is 12.0. The summed E-state index contributed by atoms with van der Waals surface area (Å²) >= 11 is 0. The Hall–Kier alpha value is -1.43. The number of piperidine rings is 1. The Morgan fingerprint density at radius 1 is 1.12 bits per heavy atom. The molecule has 0 spiro atoms. The second kappa shape index (κ2) is 3.53. The summed E-state index contributed by atoms with van der Waals surface area (Å²) in [7, 11) is 1.66. The number of hydrogen-bond donors (Lipinski definition) is 2. The maximum absolute atomic E-state index is 12.3. The zero-order chi connectivity index (χ0) is 12.8. The van der Waals surface area contributed by atoms with Crippen molar-refractivity contribution in [3.8, 4) is 0 Å². The van der Waals surface area contributed by atoms with Crippen LogP contribution in [0.3, 0.4) is 0 Å². The molecule has 6 heteroatoms. The summed E-state index contributed by atoms with van der Waals surface area (Å²) in [6.45, 7) is 0.215. The maximum Gasteiger partial charge on any atom is 0.318 e. The van der Waals surface area contributed by atoms with E-state index >= 15 is 0 Å². The summed E-state index contributed by atoms with van der Waals surface area (Å²) in [5.41, 5.74) is -3.05. The lowest BCUT2D eigenvalue weighted by molar-refractivity contribution is -0.179. The number of hydrogen-bond acceptors (Lipinski definition) is 4. The second-order valence-corrected chi connectivity index (χ2v) is 5.13. The molecule has 2 unspecified atom stereocenters. The summed E-state index contributed by atoms with van der Waals surface area (Å²) in [5.74, 6) is -3.01. The fourth-order valence-corrected chi connectivity index (χ4v) is 3.20. The number of rotatable bonds is 2. The molecule has 17 heavy (non-hydrogen) atoms. The first-order valence-corrected chi connectivity index (χ1v) is 5.55. The van der Waals surface area contributed by atoms with Gasteiger partial charge in [0, 0.05) is 13.1 Å². The molecule has 0 aromatic rings. The number of carbonyl (C=O) groups excluding carboxylic acids is 1. The summed E-state index contributed by atoms with van der Waals surface area (Å²) in [6.07, 6.45) is 0.944. The zero-order valence-corrected chi connectivity index (χ0v) is 9.60. The highest BCUT2D eigenvalue weighted by atomic mass is 16.4. The lowest BCUT2D eigenvalue weighted by Gasteiger charge is -2.49. The van der Waals surface area contributed by atoms with E-state index in [9.17, 15) is 24.6 Å². The van der Waals surface area contributed by atoms with Gasteiger partial charge in [-0.15, -0.1) is 0 Å². The molecule has 0 radical (unpaired) electrons. The van der Waals surface area contributed by atoms with Crippen molar-refractivity contribution in [3.63, 3.8) is 0 Å². The molecule has 1 saturated carbocycles. The molecule has 0 aromatic carbocycles. The molecule has 2 fully saturated rings. The van der Waals surface area contributed by atoms with E-state index in [0.717, 1.165) is 0 Å². The van der Waals surface area contributed by atoms with Crippen LogP contribution in [0.2, 0.25) is 0 Å². The van der Waals surface area contributed by atoms with Gasteiger partial charge < -0.3 is 15.1 Å². The van der Waals surface area contributed by atoms with Crippen molar-refractivity contribution in [3.05, 3.63) is 0 Å². The van der Waals surface area contributed by atoms with E-state index in [-0.39, 0.29) is 25.9 Å². The van der Waals surface area contributed by atoms with Crippen LogP contribution in [0, 0.1) is 10.8 Å². The normalized spacial score (nSPS) is 37.8. The molecule has 1 aliphatic heterocycles. The number of ketones is 1. The van der Waals surface area contributed by atoms with E-state index < -0.39 is 28.6 Å². The van der Waals surface area contributed by atoms with Gasteiger partial charge in [0.15, 0.2) is 5.78 Å². The van der Waals surface area contributed by atoms with E-state index in [0.29, 0.717) is 6.42 Å². The van der Waals surface area contributed by atoms with Gasteiger partial charge in [-0.05, 0) is 19.9 Å². The summed E-state index contributed by atoms with van der Waals surface area (Å²) in [6, 6.07) is 0. The average molecular weight is 241 g/mol. The highest BCUT2D eigenvalue weighted by Gasteiger charge is 2.64. The number of nitrogens with zero attached hydrogens (tertiary/aromatic N) is 1. The third-order valence-electron chi connectivity index (χ3n) is 3.97. The Kier molecular flexibility index (Phi) is 2.50. The van der Waals surface area contributed by atoms with E-state index in [1.807, 2.05) is 0 Å². The SMILES string of the molecule is CN1CC2(C(=O)O)CCCC(C(=O)O)(C1)C2=O. The van der Waals surface area contributed by atoms with Crippen LogP contribution in [-0.2, 0) is 14.4 Å². The van der Waals surface area contributed by atoms with Gasteiger partial charge in [-0.1, -0.05) is 6.42 Å². The predicted molar refractivity (Wildman–Crippen MR) is 56.5 cm³/mol. The first-order chi connectivity index (χ1) is 7.85. The van der Waals surface area contributed by atoms with E-state index in [2.05, 4.69) is 0 Å². The molecule has 6 nitrogen and oxygen atoms in total. The summed E-state index contributed by atoms with van der Waals surface area (Å²) in [5, 5.41) is 18.6. The molecular formula is C11H15NO5. The van der Waals surface area contributed by atoms with Crippen molar-refractivity contribution in [2.24, 2.45) is 10.8 Å². The molecule has 94 valence electrons. The minimum Gasteiger partial charge on any atom is -0.480 e. The highest BCUT2D eigenvalue weighted by molar-refractivity contribution is 6.15. The van der Waals surface area contributed by atoms with Crippen molar-refractivity contribution in [2.45, 2.75) is 19.3 Å².